The number of nitrogens with two attached hydrogens (primary N) is 2. The maximum absolute atomic E-state index is 13.3. The number of anilines is 2. The fraction of sp³-hybridized carbons (Fsp3) is 0.421. The molecular formula is C19H19F6N7O4. The van der Waals surface area contributed by atoms with E-state index in [0.29, 0.717) is 0 Å². The Bertz CT molecular complexity index is 1180. The molecule has 3 heterocycles. The molecule has 0 saturated heterocycles. The van der Waals surface area contributed by atoms with E-state index in [-0.39, 0.29) is 11.5 Å². The van der Waals surface area contributed by atoms with Gasteiger partial charge in [0, 0.05) is 0 Å². The van der Waals surface area contributed by atoms with E-state index in [1.54, 1.807) is 0 Å². The maximum atomic E-state index is 13.3. The van der Waals surface area contributed by atoms with Crippen LogP contribution in [0.3, 0.4) is 0 Å². The number of carbonyl (C=O) groups excluding carboxylic acids is 1. The molecule has 0 aliphatic carbocycles. The Hall–Kier alpha value is -3.89. The van der Waals surface area contributed by atoms with Crippen molar-refractivity contribution < 1.29 is 45.3 Å². The maximum Gasteiger partial charge on any atom is 0.424 e. The van der Waals surface area contributed by atoms with E-state index in [0.717, 1.165) is 13.1 Å². The molecule has 0 spiro atoms. The summed E-state index contributed by atoms with van der Waals surface area (Å²) >= 11 is 0. The van der Waals surface area contributed by atoms with Crippen molar-refractivity contribution >= 4 is 23.6 Å². The molecule has 1 aliphatic rings. The summed E-state index contributed by atoms with van der Waals surface area (Å²) in [6.45, 7) is 0.0633. The molecule has 1 aliphatic heterocycles. The van der Waals surface area contributed by atoms with Gasteiger partial charge in [-0.1, -0.05) is 6.07 Å². The quantitative estimate of drug-likeness (QED) is 0.501. The highest BCUT2D eigenvalue weighted by molar-refractivity contribution is 5.90. The van der Waals surface area contributed by atoms with Crippen LogP contribution in [0.5, 0.6) is 11.8 Å². The lowest BCUT2D eigenvalue weighted by atomic mass is 9.93. The van der Waals surface area contributed by atoms with Crippen LogP contribution in [0.25, 0.3) is 0 Å². The zero-order valence-electron chi connectivity index (χ0n) is 18.6. The van der Waals surface area contributed by atoms with Gasteiger partial charge in [-0.3, -0.25) is 10.3 Å². The third kappa shape index (κ3) is 5.84. The molecule has 36 heavy (non-hydrogen) atoms. The number of aromatic nitrogens is 3. The van der Waals surface area contributed by atoms with Crippen LogP contribution in [0.15, 0.2) is 29.4 Å². The van der Waals surface area contributed by atoms with Crippen molar-refractivity contribution in [1.82, 2.24) is 15.0 Å². The van der Waals surface area contributed by atoms with Crippen molar-refractivity contribution in [3.8, 4) is 11.8 Å². The van der Waals surface area contributed by atoms with E-state index in [1.807, 2.05) is 0 Å². The lowest BCUT2D eigenvalue weighted by Gasteiger charge is -2.40. The lowest BCUT2D eigenvalue weighted by molar-refractivity contribution is -0.249. The molecule has 0 bridgehead atoms. The third-order valence-corrected chi connectivity index (χ3v) is 4.88. The van der Waals surface area contributed by atoms with Gasteiger partial charge >= 0.3 is 18.4 Å². The van der Waals surface area contributed by atoms with Crippen LogP contribution >= 0.6 is 0 Å². The Labute approximate surface area is 198 Å². The van der Waals surface area contributed by atoms with E-state index in [1.165, 1.54) is 25.1 Å². The number of alkyl halides is 6. The molecule has 17 heteroatoms. The van der Waals surface area contributed by atoms with E-state index in [2.05, 4.69) is 30.0 Å². The molecule has 0 unspecified atom stereocenters. The van der Waals surface area contributed by atoms with Crippen LogP contribution in [0.2, 0.25) is 0 Å². The van der Waals surface area contributed by atoms with Crippen molar-refractivity contribution in [2.75, 3.05) is 24.3 Å². The largest absolute Gasteiger partial charge is 0.467 e. The number of ether oxygens (including phenoxy) is 3. The summed E-state index contributed by atoms with van der Waals surface area (Å²) in [5, 5.41) is 2.25. The van der Waals surface area contributed by atoms with Gasteiger partial charge in [0.2, 0.25) is 11.5 Å². The summed E-state index contributed by atoms with van der Waals surface area (Å²) in [6.07, 6.45) is -9.79. The predicted molar refractivity (Wildman–Crippen MR) is 111 cm³/mol. The second kappa shape index (κ2) is 9.29. The van der Waals surface area contributed by atoms with Crippen LogP contribution in [-0.2, 0) is 10.3 Å². The number of halogens is 6. The smallest absolute Gasteiger partial charge is 0.424 e. The number of rotatable bonds is 5. The summed E-state index contributed by atoms with van der Waals surface area (Å²) in [5.41, 5.74) is 7.07. The molecule has 2 atom stereocenters. The van der Waals surface area contributed by atoms with E-state index >= 15 is 0 Å². The zero-order valence-corrected chi connectivity index (χ0v) is 18.6. The lowest BCUT2D eigenvalue weighted by Crippen LogP contribution is -2.60. The van der Waals surface area contributed by atoms with Crippen LogP contribution in [0, 0.1) is 0 Å². The van der Waals surface area contributed by atoms with Crippen molar-refractivity contribution in [2.24, 2.45) is 10.7 Å². The monoisotopic (exact) mass is 523 g/mol. The molecule has 3 rings (SSSR count). The Morgan fingerprint density at radius 1 is 1.17 bits per heavy atom. The molecular weight excluding hydrogens is 504 g/mol. The number of pyridine rings is 1. The standard InChI is InChI=1S/C19H19F6N7O4/c1-16(7-35-17(2,14(27)32-16)19(23,24)25)9-4-3-5-10(29-9)30-15(33)36-13-12(26)31-11(6-28-13)34-8-18(20,21)22/h3-6H,7-8H2,1-2H3,(H2,26,31)(H2,27,32)(H,29,30,33)/t16-,17+/m0/s1. The van der Waals surface area contributed by atoms with Gasteiger partial charge in [-0.15, -0.1) is 0 Å². The number of nitrogen functional groups attached to an aromatic ring is 1. The van der Waals surface area contributed by atoms with Gasteiger partial charge in [0.05, 0.1) is 18.5 Å². The number of carbonyl (C=O) groups is 1. The topological polar surface area (TPSA) is 160 Å². The molecule has 0 saturated carbocycles. The highest BCUT2D eigenvalue weighted by atomic mass is 19.4. The Kier molecular flexibility index (Phi) is 6.89. The van der Waals surface area contributed by atoms with Crippen LogP contribution in [0.1, 0.15) is 19.5 Å². The highest BCUT2D eigenvalue weighted by Crippen LogP contribution is 2.40. The second-order valence-electron chi connectivity index (χ2n) is 7.82. The Balaban J connectivity index is 1.71. The molecule has 0 aromatic carbocycles. The summed E-state index contributed by atoms with van der Waals surface area (Å²) in [4.78, 5) is 27.4. The Morgan fingerprint density at radius 3 is 2.44 bits per heavy atom. The van der Waals surface area contributed by atoms with Crippen molar-refractivity contribution in [3.63, 3.8) is 0 Å². The average Bonchev–Trinajstić information content (AvgIpc) is 2.76. The SMILES string of the molecule is C[C@@]1(c2cccc(NC(=O)Oc3ncc(OCC(F)(F)F)nc3N)n2)CO[C@@](C)(C(F)(F)F)C(N)=N1. The van der Waals surface area contributed by atoms with E-state index in [9.17, 15) is 31.1 Å². The number of amides is 1. The number of nitrogens with one attached hydrogen (secondary N) is 1. The summed E-state index contributed by atoms with van der Waals surface area (Å²) in [6, 6.07) is 4.22. The predicted octanol–water partition coefficient (Wildman–Crippen LogP) is 2.93. The summed E-state index contributed by atoms with van der Waals surface area (Å²) in [5.74, 6) is -2.49. The molecule has 5 N–H and O–H groups in total. The van der Waals surface area contributed by atoms with Crippen LogP contribution < -0.4 is 26.3 Å². The number of hydrogen-bond acceptors (Lipinski definition) is 10. The van der Waals surface area contributed by atoms with E-state index < -0.39 is 66.2 Å². The first-order chi connectivity index (χ1) is 16.5. The number of nitrogens with zero attached hydrogens (tertiary/aromatic N) is 4. The van der Waals surface area contributed by atoms with Gasteiger partial charge in [0.1, 0.15) is 17.2 Å². The summed E-state index contributed by atoms with van der Waals surface area (Å²) < 4.78 is 90.9. The van der Waals surface area contributed by atoms with Gasteiger partial charge < -0.3 is 25.7 Å². The number of hydrogen-bond donors (Lipinski definition) is 3. The van der Waals surface area contributed by atoms with Gasteiger partial charge in [-0.2, -0.15) is 31.3 Å². The van der Waals surface area contributed by atoms with Crippen LogP contribution in [0.4, 0.5) is 42.8 Å². The second-order valence-corrected chi connectivity index (χ2v) is 7.82. The van der Waals surface area contributed by atoms with E-state index in [4.69, 9.17) is 20.9 Å². The normalized spacial score (nSPS) is 22.5. The average molecular weight is 523 g/mol. The highest BCUT2D eigenvalue weighted by Gasteiger charge is 2.59. The zero-order chi connectivity index (χ0) is 26.9. The minimum Gasteiger partial charge on any atom is -0.467 e. The van der Waals surface area contributed by atoms with Crippen molar-refractivity contribution in [1.29, 1.82) is 0 Å². The molecule has 2 aromatic heterocycles. The fourth-order valence-electron chi connectivity index (χ4n) is 2.82. The van der Waals surface area contributed by atoms with Gasteiger partial charge in [-0.25, -0.2) is 14.8 Å². The number of aliphatic imine (C=N–C) groups is 1. The van der Waals surface area contributed by atoms with Crippen LogP contribution in [-0.4, -0.2) is 58.0 Å². The third-order valence-electron chi connectivity index (χ3n) is 4.88. The first-order valence-electron chi connectivity index (χ1n) is 9.87. The molecule has 0 radical (unpaired) electrons. The van der Waals surface area contributed by atoms with Crippen molar-refractivity contribution in [2.45, 2.75) is 37.3 Å². The van der Waals surface area contributed by atoms with Gasteiger partial charge in [-0.05, 0) is 26.0 Å². The molecule has 2 aromatic rings. The first-order valence-corrected chi connectivity index (χ1v) is 9.87. The van der Waals surface area contributed by atoms with Crippen molar-refractivity contribution in [3.05, 3.63) is 30.1 Å². The molecule has 11 nitrogen and oxygen atoms in total. The Morgan fingerprint density at radius 2 is 1.86 bits per heavy atom. The molecule has 1 amide bonds. The summed E-state index contributed by atoms with van der Waals surface area (Å²) in [7, 11) is 0. The number of amidine groups is 1. The minimum absolute atomic E-state index is 0.0895. The van der Waals surface area contributed by atoms with Gasteiger partial charge in [0.25, 0.3) is 5.88 Å². The minimum atomic E-state index is -4.80. The van der Waals surface area contributed by atoms with Gasteiger partial charge in [0.15, 0.2) is 12.4 Å². The molecule has 196 valence electrons. The fourth-order valence-corrected chi connectivity index (χ4v) is 2.82. The molecule has 0 fully saturated rings. The first kappa shape index (κ1) is 26.7.